The van der Waals surface area contributed by atoms with Gasteiger partial charge in [0.1, 0.15) is 11.6 Å². The van der Waals surface area contributed by atoms with Crippen LogP contribution in [0.5, 0.6) is 0 Å². The summed E-state index contributed by atoms with van der Waals surface area (Å²) < 4.78 is 0. The predicted molar refractivity (Wildman–Crippen MR) is 78.1 cm³/mol. The van der Waals surface area contributed by atoms with E-state index in [0.29, 0.717) is 6.54 Å². The van der Waals surface area contributed by atoms with Gasteiger partial charge in [-0.2, -0.15) is 0 Å². The molecule has 1 N–H and O–H groups in total. The first-order valence-electron chi connectivity index (χ1n) is 6.92. The first kappa shape index (κ1) is 14.6. The molecule has 0 aromatic heterocycles. The molecule has 1 aliphatic rings. The van der Waals surface area contributed by atoms with Crippen molar-refractivity contribution >= 4 is 11.8 Å². The number of nitrogens with zero attached hydrogens (tertiary/aromatic N) is 1. The van der Waals surface area contributed by atoms with Crippen LogP contribution in [0.25, 0.3) is 0 Å². The highest BCUT2D eigenvalue weighted by Gasteiger charge is 2.44. The average molecular weight is 274 g/mol. The molecule has 0 saturated carbocycles. The van der Waals surface area contributed by atoms with Crippen molar-refractivity contribution in [3.63, 3.8) is 0 Å². The highest BCUT2D eigenvalue weighted by atomic mass is 16.2. The van der Waals surface area contributed by atoms with E-state index in [-0.39, 0.29) is 11.8 Å². The molecule has 0 spiro atoms. The molecule has 1 atom stereocenters. The zero-order valence-electron chi connectivity index (χ0n) is 12.8. The lowest BCUT2D eigenvalue weighted by molar-refractivity contribution is -0.155. The van der Waals surface area contributed by atoms with Crippen LogP contribution in [0.3, 0.4) is 0 Å². The monoisotopic (exact) mass is 274 g/mol. The van der Waals surface area contributed by atoms with Crippen LogP contribution < -0.4 is 5.32 Å². The van der Waals surface area contributed by atoms with E-state index in [1.807, 2.05) is 13.8 Å². The Bertz CT molecular complexity index is 564. The van der Waals surface area contributed by atoms with Crippen LogP contribution in [-0.4, -0.2) is 28.3 Å². The summed E-state index contributed by atoms with van der Waals surface area (Å²) >= 11 is 0. The number of hydrogen-bond donors (Lipinski definition) is 1. The van der Waals surface area contributed by atoms with Crippen molar-refractivity contribution in [3.8, 4) is 0 Å². The van der Waals surface area contributed by atoms with Crippen LogP contribution in [0.1, 0.15) is 37.5 Å². The number of nitrogens with one attached hydrogen (secondary N) is 1. The van der Waals surface area contributed by atoms with E-state index in [2.05, 4.69) is 23.5 Å². The molecule has 0 bridgehead atoms. The summed E-state index contributed by atoms with van der Waals surface area (Å²) in [7, 11) is 0. The number of rotatable bonds is 2. The Hall–Kier alpha value is -1.84. The maximum absolute atomic E-state index is 12.4. The topological polar surface area (TPSA) is 49.4 Å². The van der Waals surface area contributed by atoms with E-state index < -0.39 is 11.6 Å². The third kappa shape index (κ3) is 2.42. The third-order valence-corrected chi connectivity index (χ3v) is 4.05. The summed E-state index contributed by atoms with van der Waals surface area (Å²) in [5.41, 5.74) is 2.57. The van der Waals surface area contributed by atoms with Gasteiger partial charge in [0.2, 0.25) is 11.8 Å². The summed E-state index contributed by atoms with van der Waals surface area (Å²) in [5.74, 6) is -0.134. The van der Waals surface area contributed by atoms with Crippen molar-refractivity contribution in [2.24, 2.45) is 0 Å². The van der Waals surface area contributed by atoms with Crippen molar-refractivity contribution in [1.29, 1.82) is 0 Å². The fourth-order valence-electron chi connectivity index (χ4n) is 2.48. The minimum absolute atomic E-state index is 0.0319. The van der Waals surface area contributed by atoms with Gasteiger partial charge >= 0.3 is 0 Å². The highest BCUT2D eigenvalue weighted by Crippen LogP contribution is 2.25. The van der Waals surface area contributed by atoms with Gasteiger partial charge in [-0.05, 0) is 45.7 Å². The van der Waals surface area contributed by atoms with Gasteiger partial charge in [-0.25, -0.2) is 0 Å². The largest absolute Gasteiger partial charge is 0.343 e. The number of amides is 2. The van der Waals surface area contributed by atoms with Crippen molar-refractivity contribution in [1.82, 2.24) is 10.2 Å². The number of carbonyl (C=O) groups is 2. The van der Waals surface area contributed by atoms with Gasteiger partial charge in [-0.1, -0.05) is 23.8 Å². The quantitative estimate of drug-likeness (QED) is 0.896. The lowest BCUT2D eigenvalue weighted by Crippen LogP contribution is -2.67. The molecule has 2 amide bonds. The molecular formula is C16H22N2O2. The number of hydrogen-bond acceptors (Lipinski definition) is 2. The molecule has 1 unspecified atom stereocenters. The van der Waals surface area contributed by atoms with Gasteiger partial charge in [0.05, 0.1) is 0 Å². The van der Waals surface area contributed by atoms with E-state index in [0.717, 1.165) is 16.7 Å². The van der Waals surface area contributed by atoms with Crippen LogP contribution in [-0.2, 0) is 16.1 Å². The summed E-state index contributed by atoms with van der Waals surface area (Å²) in [6, 6.07) is 5.73. The van der Waals surface area contributed by atoms with E-state index in [4.69, 9.17) is 0 Å². The van der Waals surface area contributed by atoms with E-state index in [9.17, 15) is 9.59 Å². The van der Waals surface area contributed by atoms with Gasteiger partial charge in [-0.15, -0.1) is 0 Å². The molecule has 4 heteroatoms. The van der Waals surface area contributed by atoms with Crippen LogP contribution in [0, 0.1) is 13.8 Å². The van der Waals surface area contributed by atoms with Gasteiger partial charge in [0.15, 0.2) is 0 Å². The standard InChI is InChI=1S/C16H22N2O2/c1-10-6-7-11(2)13(8-10)9-18-14(19)12(3)17-15(20)16(18,4)5/h6-8,12H,9H2,1-5H3,(H,17,20). The zero-order chi connectivity index (χ0) is 15.1. The maximum atomic E-state index is 12.4. The van der Waals surface area contributed by atoms with Crippen LogP contribution in [0.15, 0.2) is 18.2 Å². The fourth-order valence-corrected chi connectivity index (χ4v) is 2.48. The minimum Gasteiger partial charge on any atom is -0.343 e. The number of aryl methyl sites for hydroxylation is 2. The lowest BCUT2D eigenvalue weighted by atomic mass is 9.94. The molecule has 0 radical (unpaired) electrons. The Morgan fingerprint density at radius 2 is 1.90 bits per heavy atom. The Labute approximate surface area is 120 Å². The van der Waals surface area contributed by atoms with Crippen LogP contribution in [0.2, 0.25) is 0 Å². The molecule has 1 saturated heterocycles. The molecule has 1 aliphatic heterocycles. The molecule has 1 aromatic rings. The minimum atomic E-state index is -0.820. The second-order valence-electron chi connectivity index (χ2n) is 6.11. The average Bonchev–Trinajstić information content (AvgIpc) is 2.37. The zero-order valence-corrected chi connectivity index (χ0v) is 12.8. The summed E-state index contributed by atoms with van der Waals surface area (Å²) in [4.78, 5) is 26.2. The normalized spacial score (nSPS) is 21.9. The van der Waals surface area contributed by atoms with E-state index in [1.165, 1.54) is 0 Å². The Morgan fingerprint density at radius 1 is 1.25 bits per heavy atom. The smallest absolute Gasteiger partial charge is 0.246 e. The number of piperazine rings is 1. The van der Waals surface area contributed by atoms with Crippen molar-refractivity contribution in [3.05, 3.63) is 34.9 Å². The lowest BCUT2D eigenvalue weighted by Gasteiger charge is -2.43. The molecule has 1 fully saturated rings. The Morgan fingerprint density at radius 3 is 2.55 bits per heavy atom. The van der Waals surface area contributed by atoms with Gasteiger partial charge < -0.3 is 10.2 Å². The first-order valence-corrected chi connectivity index (χ1v) is 6.92. The molecule has 0 aliphatic carbocycles. The fraction of sp³-hybridized carbons (Fsp3) is 0.500. The van der Waals surface area contributed by atoms with Gasteiger partial charge in [-0.3, -0.25) is 9.59 Å². The van der Waals surface area contributed by atoms with Crippen molar-refractivity contribution in [2.45, 2.75) is 52.7 Å². The van der Waals surface area contributed by atoms with Gasteiger partial charge in [0, 0.05) is 6.54 Å². The third-order valence-electron chi connectivity index (χ3n) is 4.05. The maximum Gasteiger partial charge on any atom is 0.246 e. The van der Waals surface area contributed by atoms with Crippen LogP contribution in [0.4, 0.5) is 0 Å². The summed E-state index contributed by atoms with van der Waals surface area (Å²) in [6.07, 6.45) is 0. The molecule has 20 heavy (non-hydrogen) atoms. The SMILES string of the molecule is Cc1ccc(C)c(CN2C(=O)C(C)NC(=O)C2(C)C)c1. The summed E-state index contributed by atoms with van der Waals surface area (Å²) in [5, 5.41) is 2.73. The predicted octanol–water partition coefficient (Wildman–Crippen LogP) is 1.93. The molecule has 1 heterocycles. The van der Waals surface area contributed by atoms with E-state index in [1.54, 1.807) is 25.7 Å². The van der Waals surface area contributed by atoms with Crippen LogP contribution >= 0.6 is 0 Å². The second-order valence-corrected chi connectivity index (χ2v) is 6.11. The number of carbonyl (C=O) groups excluding carboxylic acids is 2. The first-order chi connectivity index (χ1) is 9.23. The summed E-state index contributed by atoms with van der Waals surface area (Å²) in [6.45, 7) is 9.83. The highest BCUT2D eigenvalue weighted by molar-refractivity contribution is 5.99. The Balaban J connectivity index is 2.36. The van der Waals surface area contributed by atoms with E-state index >= 15 is 0 Å². The Kier molecular flexibility index (Phi) is 3.59. The van der Waals surface area contributed by atoms with Gasteiger partial charge in [0.25, 0.3) is 0 Å². The molecule has 4 nitrogen and oxygen atoms in total. The van der Waals surface area contributed by atoms with Crippen molar-refractivity contribution in [2.75, 3.05) is 0 Å². The molecule has 108 valence electrons. The molecule has 1 aromatic carbocycles. The molecular weight excluding hydrogens is 252 g/mol. The van der Waals surface area contributed by atoms with Crippen molar-refractivity contribution < 1.29 is 9.59 Å². The number of benzene rings is 1. The molecule has 2 rings (SSSR count). The second kappa shape index (κ2) is 4.93.